The van der Waals surface area contributed by atoms with Crippen LogP contribution in [-0.4, -0.2) is 49.2 Å². The first-order valence-corrected chi connectivity index (χ1v) is 7.61. The van der Waals surface area contributed by atoms with Crippen molar-refractivity contribution in [3.8, 4) is 6.07 Å². The van der Waals surface area contributed by atoms with Gasteiger partial charge in [0.15, 0.2) is 0 Å². The standard InChI is InChI=1S/C15H17Cl2N3O2/c1-19(2)14(22)5-10-7-20(8-13(10)21)15-11(16)3-9(6-18)4-12(15)17/h3-4,10,13,21H,5,7-8H2,1-2H3/t10-,13-/m1/s1. The molecule has 0 spiro atoms. The lowest BCUT2D eigenvalue weighted by molar-refractivity contribution is -0.130. The van der Waals surface area contributed by atoms with E-state index in [2.05, 4.69) is 0 Å². The fourth-order valence-electron chi connectivity index (χ4n) is 2.58. The van der Waals surface area contributed by atoms with Gasteiger partial charge < -0.3 is 14.9 Å². The summed E-state index contributed by atoms with van der Waals surface area (Å²) in [7, 11) is 3.38. The van der Waals surface area contributed by atoms with Crippen molar-refractivity contribution in [2.45, 2.75) is 12.5 Å². The zero-order chi connectivity index (χ0) is 16.4. The summed E-state index contributed by atoms with van der Waals surface area (Å²) in [6, 6.07) is 5.09. The number of β-amino-alcohol motifs (C(OH)–C–C–N with tert-alkyl or cyclic N) is 1. The molecule has 1 aliphatic rings. The van der Waals surface area contributed by atoms with Crippen LogP contribution in [0.2, 0.25) is 10.0 Å². The first-order valence-electron chi connectivity index (χ1n) is 6.85. The quantitative estimate of drug-likeness (QED) is 0.914. The van der Waals surface area contributed by atoms with Crippen LogP contribution in [0.1, 0.15) is 12.0 Å². The zero-order valence-electron chi connectivity index (χ0n) is 12.4. The van der Waals surface area contributed by atoms with Crippen molar-refractivity contribution >= 4 is 34.8 Å². The Bertz CT molecular complexity index is 605. The molecular formula is C15H17Cl2N3O2. The smallest absolute Gasteiger partial charge is 0.222 e. The summed E-state index contributed by atoms with van der Waals surface area (Å²) in [4.78, 5) is 15.2. The lowest BCUT2D eigenvalue weighted by Crippen LogP contribution is -2.28. The van der Waals surface area contributed by atoms with Crippen LogP contribution in [-0.2, 0) is 4.79 Å². The third kappa shape index (κ3) is 3.46. The predicted octanol–water partition coefficient (Wildman–Crippen LogP) is 2.14. The second-order valence-corrected chi connectivity index (χ2v) is 6.44. The summed E-state index contributed by atoms with van der Waals surface area (Å²) in [5, 5.41) is 19.8. The van der Waals surface area contributed by atoms with Crippen molar-refractivity contribution in [2.75, 3.05) is 32.1 Å². The van der Waals surface area contributed by atoms with E-state index >= 15 is 0 Å². The summed E-state index contributed by atoms with van der Waals surface area (Å²) in [5.41, 5.74) is 0.985. The van der Waals surface area contributed by atoms with E-state index in [9.17, 15) is 9.90 Å². The third-order valence-corrected chi connectivity index (χ3v) is 4.38. The molecule has 1 heterocycles. The Labute approximate surface area is 139 Å². The summed E-state index contributed by atoms with van der Waals surface area (Å²) < 4.78 is 0. The third-order valence-electron chi connectivity index (χ3n) is 3.80. The minimum absolute atomic E-state index is 0.0251. The zero-order valence-corrected chi connectivity index (χ0v) is 13.9. The van der Waals surface area contributed by atoms with Crippen LogP contribution in [0.3, 0.4) is 0 Å². The predicted molar refractivity (Wildman–Crippen MR) is 86.2 cm³/mol. The van der Waals surface area contributed by atoms with E-state index < -0.39 is 6.10 Å². The van der Waals surface area contributed by atoms with Gasteiger partial charge in [-0.25, -0.2) is 0 Å². The molecule has 0 aliphatic carbocycles. The molecule has 2 atom stereocenters. The van der Waals surface area contributed by atoms with Gasteiger partial charge in [-0.15, -0.1) is 0 Å². The lowest BCUT2D eigenvalue weighted by Gasteiger charge is -2.21. The number of amides is 1. The monoisotopic (exact) mass is 341 g/mol. The highest BCUT2D eigenvalue weighted by atomic mass is 35.5. The van der Waals surface area contributed by atoms with Crippen LogP contribution in [0, 0.1) is 17.2 Å². The maximum atomic E-state index is 11.8. The summed E-state index contributed by atoms with van der Waals surface area (Å²) in [6.07, 6.45) is -0.345. The minimum Gasteiger partial charge on any atom is -0.391 e. The molecule has 0 bridgehead atoms. The van der Waals surface area contributed by atoms with Crippen molar-refractivity contribution in [1.29, 1.82) is 5.26 Å². The van der Waals surface area contributed by atoms with Crippen LogP contribution in [0.5, 0.6) is 0 Å². The van der Waals surface area contributed by atoms with Crippen molar-refractivity contribution in [3.63, 3.8) is 0 Å². The van der Waals surface area contributed by atoms with E-state index in [1.807, 2.05) is 11.0 Å². The molecule has 0 aromatic heterocycles. The number of aliphatic hydroxyl groups is 1. The summed E-state index contributed by atoms with van der Waals surface area (Å²) >= 11 is 12.4. The molecule has 0 radical (unpaired) electrons. The number of halogens is 2. The van der Waals surface area contributed by atoms with E-state index in [1.165, 1.54) is 4.90 Å². The van der Waals surface area contributed by atoms with Gasteiger partial charge in [0.2, 0.25) is 5.91 Å². The fraction of sp³-hybridized carbons (Fsp3) is 0.467. The van der Waals surface area contributed by atoms with Gasteiger partial charge in [-0.2, -0.15) is 5.26 Å². The molecule has 1 aromatic rings. The highest BCUT2D eigenvalue weighted by Gasteiger charge is 2.34. The number of hydrogen-bond donors (Lipinski definition) is 1. The second-order valence-electron chi connectivity index (χ2n) is 5.63. The van der Waals surface area contributed by atoms with Gasteiger partial charge >= 0.3 is 0 Å². The molecule has 0 saturated carbocycles. The number of anilines is 1. The van der Waals surface area contributed by atoms with Crippen LogP contribution >= 0.6 is 23.2 Å². The van der Waals surface area contributed by atoms with Crippen molar-refractivity contribution < 1.29 is 9.90 Å². The van der Waals surface area contributed by atoms with Gasteiger partial charge in [0.25, 0.3) is 0 Å². The topological polar surface area (TPSA) is 67.6 Å². The number of aliphatic hydroxyl groups excluding tert-OH is 1. The van der Waals surface area contributed by atoms with Gasteiger partial charge in [-0.3, -0.25) is 4.79 Å². The number of benzene rings is 1. The van der Waals surface area contributed by atoms with E-state index in [-0.39, 0.29) is 18.2 Å². The van der Waals surface area contributed by atoms with E-state index in [1.54, 1.807) is 26.2 Å². The van der Waals surface area contributed by atoms with E-state index in [0.717, 1.165) is 0 Å². The maximum Gasteiger partial charge on any atom is 0.222 e. The molecule has 1 amide bonds. The summed E-state index contributed by atoms with van der Waals surface area (Å²) in [6.45, 7) is 0.850. The molecule has 1 N–H and O–H groups in total. The van der Waals surface area contributed by atoms with Gasteiger partial charge in [0, 0.05) is 39.5 Å². The first-order chi connectivity index (χ1) is 10.3. The van der Waals surface area contributed by atoms with Crippen molar-refractivity contribution in [2.24, 2.45) is 5.92 Å². The van der Waals surface area contributed by atoms with Gasteiger partial charge in [0.05, 0.1) is 33.5 Å². The summed E-state index contributed by atoms with van der Waals surface area (Å²) in [5.74, 6) is -0.194. The SMILES string of the molecule is CN(C)C(=O)C[C@@H]1CN(c2c(Cl)cc(C#N)cc2Cl)C[C@H]1O. The molecule has 2 rings (SSSR count). The minimum atomic E-state index is -0.619. The molecule has 1 aromatic carbocycles. The molecule has 0 unspecified atom stereocenters. The van der Waals surface area contributed by atoms with Crippen LogP contribution in [0.25, 0.3) is 0 Å². The average molecular weight is 342 g/mol. The Morgan fingerprint density at radius 3 is 2.50 bits per heavy atom. The number of nitrogens with zero attached hydrogens (tertiary/aromatic N) is 3. The van der Waals surface area contributed by atoms with Crippen LogP contribution < -0.4 is 4.90 Å². The van der Waals surface area contributed by atoms with Crippen molar-refractivity contribution in [1.82, 2.24) is 4.90 Å². The van der Waals surface area contributed by atoms with Gasteiger partial charge in [-0.05, 0) is 12.1 Å². The largest absolute Gasteiger partial charge is 0.391 e. The maximum absolute atomic E-state index is 11.8. The number of rotatable bonds is 3. The normalized spacial score (nSPS) is 20.8. The van der Waals surface area contributed by atoms with E-state index in [0.29, 0.717) is 34.4 Å². The molecular weight excluding hydrogens is 325 g/mol. The Morgan fingerprint density at radius 2 is 2.00 bits per heavy atom. The molecule has 1 aliphatic heterocycles. The highest BCUT2D eigenvalue weighted by molar-refractivity contribution is 6.39. The Morgan fingerprint density at radius 1 is 1.41 bits per heavy atom. The number of hydrogen-bond acceptors (Lipinski definition) is 4. The second kappa shape index (κ2) is 6.74. The molecule has 7 heteroatoms. The molecule has 22 heavy (non-hydrogen) atoms. The Balaban J connectivity index is 2.19. The molecule has 1 fully saturated rings. The number of carbonyl (C=O) groups is 1. The van der Waals surface area contributed by atoms with Crippen LogP contribution in [0.4, 0.5) is 5.69 Å². The van der Waals surface area contributed by atoms with E-state index in [4.69, 9.17) is 28.5 Å². The van der Waals surface area contributed by atoms with Gasteiger partial charge in [0.1, 0.15) is 0 Å². The van der Waals surface area contributed by atoms with Gasteiger partial charge in [-0.1, -0.05) is 23.2 Å². The number of carbonyl (C=O) groups excluding carboxylic acids is 1. The van der Waals surface area contributed by atoms with Crippen molar-refractivity contribution in [3.05, 3.63) is 27.7 Å². The number of nitriles is 1. The fourth-order valence-corrected chi connectivity index (χ4v) is 3.30. The molecule has 1 saturated heterocycles. The Kier molecular flexibility index (Phi) is 5.17. The Hall–Kier alpha value is -1.48. The highest BCUT2D eigenvalue weighted by Crippen LogP contribution is 2.38. The average Bonchev–Trinajstić information content (AvgIpc) is 2.78. The molecule has 5 nitrogen and oxygen atoms in total. The lowest BCUT2D eigenvalue weighted by atomic mass is 10.0. The first kappa shape index (κ1) is 16.9. The van der Waals surface area contributed by atoms with Crippen LogP contribution in [0.15, 0.2) is 12.1 Å². The molecule has 118 valence electrons.